The van der Waals surface area contributed by atoms with Crippen molar-refractivity contribution in [3.63, 3.8) is 0 Å². The molecule has 1 saturated heterocycles. The summed E-state index contributed by atoms with van der Waals surface area (Å²) in [6, 6.07) is 0. The lowest BCUT2D eigenvalue weighted by Crippen LogP contribution is -2.45. The average Bonchev–Trinajstić information content (AvgIpc) is 3.11. The number of nitrogens with zero attached hydrogens (tertiary/aromatic N) is 2. The lowest BCUT2D eigenvalue weighted by molar-refractivity contribution is 0.0243. The van der Waals surface area contributed by atoms with Gasteiger partial charge in [-0.15, -0.1) is 35.3 Å². The molecule has 2 heterocycles. The van der Waals surface area contributed by atoms with Crippen LogP contribution in [0.4, 0.5) is 0 Å². The molecule has 2 N–H and O–H groups in total. The van der Waals surface area contributed by atoms with E-state index in [4.69, 9.17) is 4.74 Å². The van der Waals surface area contributed by atoms with Crippen molar-refractivity contribution in [2.75, 3.05) is 19.7 Å². The molecule has 23 heavy (non-hydrogen) atoms. The molecule has 1 aromatic rings. The van der Waals surface area contributed by atoms with E-state index in [0.717, 1.165) is 44.2 Å². The van der Waals surface area contributed by atoms with E-state index in [1.165, 1.54) is 5.01 Å². The number of thiazole rings is 1. The van der Waals surface area contributed by atoms with E-state index < -0.39 is 0 Å². The standard InChI is InChI=1S/C16H28N4OS.HI/c1-5-17-15(19-11-16(4)7-6-8-21-16)18-9-13-10-22-14(20-13)12(2)3;/h10,12H,5-9,11H2,1-4H3,(H2,17,18,19);1H. The molecule has 1 atom stereocenters. The number of guanidine groups is 1. The van der Waals surface area contributed by atoms with Gasteiger partial charge in [0.15, 0.2) is 5.96 Å². The molecule has 0 aliphatic carbocycles. The van der Waals surface area contributed by atoms with Gasteiger partial charge in [0.25, 0.3) is 0 Å². The minimum absolute atomic E-state index is 0. The molecular formula is C16H29IN4OS. The minimum atomic E-state index is -0.0678. The lowest BCUT2D eigenvalue weighted by Gasteiger charge is -2.24. The maximum Gasteiger partial charge on any atom is 0.191 e. The Morgan fingerprint density at radius 1 is 1.48 bits per heavy atom. The van der Waals surface area contributed by atoms with Crippen molar-refractivity contribution in [3.8, 4) is 0 Å². The zero-order valence-electron chi connectivity index (χ0n) is 14.5. The summed E-state index contributed by atoms with van der Waals surface area (Å²) in [5, 5.41) is 9.95. The van der Waals surface area contributed by atoms with Crippen LogP contribution < -0.4 is 10.6 Å². The summed E-state index contributed by atoms with van der Waals surface area (Å²) in [4.78, 5) is 9.26. The van der Waals surface area contributed by atoms with Crippen molar-refractivity contribution in [1.29, 1.82) is 0 Å². The maximum absolute atomic E-state index is 5.81. The Morgan fingerprint density at radius 3 is 2.83 bits per heavy atom. The first-order chi connectivity index (χ1) is 10.5. The van der Waals surface area contributed by atoms with E-state index in [0.29, 0.717) is 12.5 Å². The second-order valence-corrected chi connectivity index (χ2v) is 7.17. The monoisotopic (exact) mass is 452 g/mol. The van der Waals surface area contributed by atoms with E-state index in [1.54, 1.807) is 11.3 Å². The maximum atomic E-state index is 5.81. The normalized spacial score (nSPS) is 21.3. The van der Waals surface area contributed by atoms with Gasteiger partial charge in [0.05, 0.1) is 22.8 Å². The van der Waals surface area contributed by atoms with Crippen molar-refractivity contribution in [3.05, 3.63) is 16.1 Å². The van der Waals surface area contributed by atoms with Crippen molar-refractivity contribution in [1.82, 2.24) is 15.6 Å². The first-order valence-corrected chi connectivity index (χ1v) is 9.01. The number of halogens is 1. The van der Waals surface area contributed by atoms with Gasteiger partial charge in [-0.2, -0.15) is 0 Å². The number of nitrogens with one attached hydrogen (secondary N) is 2. The highest BCUT2D eigenvalue weighted by Gasteiger charge is 2.29. The van der Waals surface area contributed by atoms with E-state index >= 15 is 0 Å². The van der Waals surface area contributed by atoms with Crippen LogP contribution in [0, 0.1) is 0 Å². The molecule has 0 aromatic carbocycles. The summed E-state index contributed by atoms with van der Waals surface area (Å²) in [7, 11) is 0. The van der Waals surface area contributed by atoms with Crippen LogP contribution >= 0.6 is 35.3 Å². The van der Waals surface area contributed by atoms with Crippen molar-refractivity contribution in [2.24, 2.45) is 4.99 Å². The molecule has 0 spiro atoms. The number of hydrogen-bond acceptors (Lipinski definition) is 4. The van der Waals surface area contributed by atoms with Crippen LogP contribution in [0.2, 0.25) is 0 Å². The second kappa shape index (κ2) is 9.78. The van der Waals surface area contributed by atoms with Crippen LogP contribution in [0.1, 0.15) is 57.2 Å². The Morgan fingerprint density at radius 2 is 2.26 bits per heavy atom. The first-order valence-electron chi connectivity index (χ1n) is 8.13. The summed E-state index contributed by atoms with van der Waals surface area (Å²) >= 11 is 1.71. The fourth-order valence-electron chi connectivity index (χ4n) is 2.41. The second-order valence-electron chi connectivity index (χ2n) is 6.28. The molecule has 0 saturated carbocycles. The number of hydrogen-bond donors (Lipinski definition) is 2. The first kappa shape index (κ1) is 20.6. The molecule has 5 nitrogen and oxygen atoms in total. The van der Waals surface area contributed by atoms with Gasteiger partial charge in [0.1, 0.15) is 0 Å². The predicted octanol–water partition coefficient (Wildman–Crippen LogP) is 3.51. The topological polar surface area (TPSA) is 58.5 Å². The zero-order chi connectivity index (χ0) is 16.0. The van der Waals surface area contributed by atoms with E-state index in [-0.39, 0.29) is 29.6 Å². The predicted molar refractivity (Wildman–Crippen MR) is 108 cm³/mol. The molecule has 132 valence electrons. The molecule has 1 aliphatic heterocycles. The highest BCUT2D eigenvalue weighted by atomic mass is 127. The third-order valence-electron chi connectivity index (χ3n) is 3.74. The molecule has 1 aromatic heterocycles. The lowest BCUT2D eigenvalue weighted by atomic mass is 10.0. The Hall–Kier alpha value is -0.410. The molecular weight excluding hydrogens is 423 g/mol. The summed E-state index contributed by atoms with van der Waals surface area (Å²) in [5.74, 6) is 1.31. The van der Waals surface area contributed by atoms with Crippen molar-refractivity contribution in [2.45, 2.75) is 58.6 Å². The molecule has 1 unspecified atom stereocenters. The molecule has 1 aliphatic rings. The minimum Gasteiger partial charge on any atom is -0.373 e. The number of rotatable bonds is 6. The summed E-state index contributed by atoms with van der Waals surface area (Å²) in [6.07, 6.45) is 2.24. The molecule has 0 bridgehead atoms. The SMILES string of the molecule is CCNC(=NCc1csc(C(C)C)n1)NCC1(C)CCCO1.I. The Kier molecular flexibility index (Phi) is 8.78. The summed E-state index contributed by atoms with van der Waals surface area (Å²) in [5.41, 5.74) is 0.969. The van der Waals surface area contributed by atoms with Crippen LogP contribution in [0.3, 0.4) is 0 Å². The van der Waals surface area contributed by atoms with Gasteiger partial charge in [-0.05, 0) is 26.7 Å². The highest BCUT2D eigenvalue weighted by Crippen LogP contribution is 2.23. The number of ether oxygens (including phenoxy) is 1. The third kappa shape index (κ3) is 6.54. The van der Waals surface area contributed by atoms with Gasteiger partial charge < -0.3 is 15.4 Å². The van der Waals surface area contributed by atoms with Crippen LogP contribution in [-0.2, 0) is 11.3 Å². The van der Waals surface area contributed by atoms with Crippen molar-refractivity contribution < 1.29 is 4.74 Å². The largest absolute Gasteiger partial charge is 0.373 e. The molecule has 1 fully saturated rings. The van der Waals surface area contributed by atoms with Gasteiger partial charge in [-0.3, -0.25) is 0 Å². The zero-order valence-corrected chi connectivity index (χ0v) is 17.7. The third-order valence-corrected chi connectivity index (χ3v) is 4.93. The fourth-order valence-corrected chi connectivity index (χ4v) is 3.24. The van der Waals surface area contributed by atoms with Crippen molar-refractivity contribution >= 4 is 41.3 Å². The van der Waals surface area contributed by atoms with Crippen LogP contribution in [0.25, 0.3) is 0 Å². The highest BCUT2D eigenvalue weighted by molar-refractivity contribution is 14.0. The molecule has 0 radical (unpaired) electrons. The van der Waals surface area contributed by atoms with E-state index in [9.17, 15) is 0 Å². The Bertz CT molecular complexity index is 498. The van der Waals surface area contributed by atoms with Crippen LogP contribution in [0.5, 0.6) is 0 Å². The summed E-state index contributed by atoms with van der Waals surface area (Å²) in [6.45, 7) is 11.7. The summed E-state index contributed by atoms with van der Waals surface area (Å²) < 4.78 is 5.81. The number of aromatic nitrogens is 1. The Balaban J connectivity index is 0.00000264. The van der Waals surface area contributed by atoms with Gasteiger partial charge in [-0.25, -0.2) is 9.98 Å². The van der Waals surface area contributed by atoms with Crippen LogP contribution in [-0.4, -0.2) is 36.2 Å². The van der Waals surface area contributed by atoms with Gasteiger partial charge in [0, 0.05) is 31.0 Å². The fraction of sp³-hybridized carbons (Fsp3) is 0.750. The van der Waals surface area contributed by atoms with Crippen LogP contribution in [0.15, 0.2) is 10.4 Å². The smallest absolute Gasteiger partial charge is 0.191 e. The molecule has 0 amide bonds. The van der Waals surface area contributed by atoms with Gasteiger partial charge in [0.2, 0.25) is 0 Å². The van der Waals surface area contributed by atoms with Gasteiger partial charge in [-0.1, -0.05) is 13.8 Å². The number of aliphatic imine (C=N–C) groups is 1. The molecule has 7 heteroatoms. The quantitative estimate of drug-likeness (QED) is 0.394. The van der Waals surface area contributed by atoms with E-state index in [1.807, 2.05) is 0 Å². The Labute approximate surface area is 160 Å². The average molecular weight is 452 g/mol. The van der Waals surface area contributed by atoms with Gasteiger partial charge >= 0.3 is 0 Å². The molecule has 2 rings (SSSR count). The van der Waals surface area contributed by atoms with E-state index in [2.05, 4.69) is 53.7 Å².